The summed E-state index contributed by atoms with van der Waals surface area (Å²) in [5, 5.41) is 21.8. The second-order valence-electron chi connectivity index (χ2n) is 7.91. The molecule has 34 heavy (non-hydrogen) atoms. The second-order valence-corrected chi connectivity index (χ2v) is 7.91. The van der Waals surface area contributed by atoms with E-state index in [1.807, 2.05) is 53.3 Å². The summed E-state index contributed by atoms with van der Waals surface area (Å²) in [6.07, 6.45) is 3.35. The molecule has 182 valence electrons. The Balaban J connectivity index is 0.000000340. The summed E-state index contributed by atoms with van der Waals surface area (Å²) >= 11 is 0. The lowest BCUT2D eigenvalue weighted by Gasteiger charge is -2.24. The second kappa shape index (κ2) is 13.7. The number of nitrogens with zero attached hydrogens (tertiary/aromatic N) is 1. The Kier molecular flexibility index (Phi) is 11.0. The minimum Gasteiger partial charge on any atom is -0.469 e. The van der Waals surface area contributed by atoms with E-state index in [1.54, 1.807) is 19.7 Å². The molecule has 0 saturated carbocycles. The number of benzene rings is 2. The molecule has 1 unspecified atom stereocenters. The van der Waals surface area contributed by atoms with Crippen molar-refractivity contribution in [1.29, 1.82) is 0 Å². The fraction of sp³-hybridized carbons (Fsp3) is 0.333. The van der Waals surface area contributed by atoms with Crippen LogP contribution in [0.2, 0.25) is 13.6 Å². The maximum absolute atomic E-state index is 11.4. The molecule has 0 bridgehead atoms. The van der Waals surface area contributed by atoms with Crippen LogP contribution in [0.5, 0.6) is 0 Å². The Morgan fingerprint density at radius 3 is 2.44 bits per heavy atom. The number of hydrogen-bond acceptors (Lipinski definition) is 8. The number of rotatable bonds is 8. The third kappa shape index (κ3) is 8.14. The van der Waals surface area contributed by atoms with E-state index in [4.69, 9.17) is 9.76 Å². The van der Waals surface area contributed by atoms with E-state index in [-0.39, 0.29) is 25.8 Å². The number of methoxy groups -OCH3 is 2. The van der Waals surface area contributed by atoms with Gasteiger partial charge in [-0.25, -0.2) is 4.79 Å². The minimum absolute atomic E-state index is 0. The molecule has 8 nitrogen and oxygen atoms in total. The number of esters is 2. The molecule has 0 spiro atoms. The lowest BCUT2D eigenvalue weighted by molar-refractivity contribution is -0.141. The highest BCUT2D eigenvalue weighted by molar-refractivity contribution is 6.45. The third-order valence-corrected chi connectivity index (χ3v) is 5.48. The molecule has 2 aromatic carbocycles. The zero-order valence-electron chi connectivity index (χ0n) is 20.1. The van der Waals surface area contributed by atoms with Crippen molar-refractivity contribution < 1.29 is 30.5 Å². The van der Waals surface area contributed by atoms with Gasteiger partial charge in [0, 0.05) is 26.6 Å². The maximum Gasteiger partial charge on any atom is 0.377 e. The fourth-order valence-electron chi connectivity index (χ4n) is 3.69. The summed E-state index contributed by atoms with van der Waals surface area (Å²) in [5.74, 6) is -0.638. The van der Waals surface area contributed by atoms with Crippen molar-refractivity contribution >= 4 is 32.1 Å². The SMILES string of the molecule is COC(=O)/C=C/c1ccccc1CNB(C)O.COC(=O)CC1c2ccccc2CN1B(C)O.[3HH]. The standard InChI is InChI=1S/2C12H16BNO3.H2/c1-13(16)14-8-9-5-3-4-6-10(9)11(14)7-12(15)17-2;1-13(16)14-9-11-6-4-3-5-10(11)7-8-12(15)17-2;/h3-6,11,16H,7-8H2,1-2H3;3-8,14,16H,9H2,1-2H3;1H/b;8-7+;/i;;1+2. The normalized spacial score (nSPS) is 14.7. The number of ether oxygens (including phenoxy) is 2. The first-order chi connectivity index (χ1) is 16.3. The first-order valence-corrected chi connectivity index (χ1v) is 11.1. The van der Waals surface area contributed by atoms with Crippen LogP contribution >= 0.6 is 0 Å². The molecular weight excluding hydrogens is 434 g/mol. The molecule has 0 aromatic heterocycles. The number of carbonyl (C=O) groups is 2. The summed E-state index contributed by atoms with van der Waals surface area (Å²) in [6.45, 7) is 4.60. The highest BCUT2D eigenvalue weighted by Crippen LogP contribution is 2.36. The van der Waals surface area contributed by atoms with Crippen LogP contribution in [0.15, 0.2) is 54.6 Å². The van der Waals surface area contributed by atoms with Crippen LogP contribution in [0.25, 0.3) is 6.08 Å². The summed E-state index contributed by atoms with van der Waals surface area (Å²) in [6, 6.07) is 15.5. The lowest BCUT2D eigenvalue weighted by atomic mass is 9.83. The van der Waals surface area contributed by atoms with Gasteiger partial charge >= 0.3 is 26.0 Å². The molecule has 2 aromatic rings. The molecule has 0 fully saturated rings. The van der Waals surface area contributed by atoms with Crippen molar-refractivity contribution in [2.45, 2.75) is 39.2 Å². The molecular formula is C24H34B2N2O6. The van der Waals surface area contributed by atoms with E-state index in [9.17, 15) is 14.6 Å². The van der Waals surface area contributed by atoms with Crippen molar-refractivity contribution in [3.05, 3.63) is 76.9 Å². The molecule has 10 heteroatoms. The van der Waals surface area contributed by atoms with Gasteiger partial charge in [-0.15, -0.1) is 0 Å². The molecule has 1 atom stereocenters. The van der Waals surface area contributed by atoms with Gasteiger partial charge in [-0.2, -0.15) is 0 Å². The van der Waals surface area contributed by atoms with Gasteiger partial charge in [0.15, 0.2) is 0 Å². The third-order valence-electron chi connectivity index (χ3n) is 5.48. The zero-order chi connectivity index (χ0) is 25.1. The molecule has 3 N–H and O–H groups in total. The Bertz CT molecular complexity index is 990. The Labute approximate surface area is 203 Å². The van der Waals surface area contributed by atoms with Gasteiger partial charge in [0.1, 0.15) is 0 Å². The number of fused-ring (bicyclic) bond motifs is 1. The topological polar surface area (TPSA) is 108 Å². The van der Waals surface area contributed by atoms with E-state index >= 15 is 0 Å². The average Bonchev–Trinajstić information content (AvgIpc) is 3.20. The molecule has 1 aliphatic heterocycles. The lowest BCUT2D eigenvalue weighted by Crippen LogP contribution is -2.36. The number of nitrogens with one attached hydrogen (secondary N) is 1. The maximum atomic E-state index is 11.4. The van der Waals surface area contributed by atoms with Gasteiger partial charge in [-0.1, -0.05) is 48.5 Å². The highest BCUT2D eigenvalue weighted by atomic mass is 16.5. The predicted molar refractivity (Wildman–Crippen MR) is 135 cm³/mol. The van der Waals surface area contributed by atoms with Gasteiger partial charge in [0.05, 0.1) is 20.6 Å². The van der Waals surface area contributed by atoms with Crippen molar-refractivity contribution in [3.8, 4) is 0 Å². The fourth-order valence-corrected chi connectivity index (χ4v) is 3.69. The van der Waals surface area contributed by atoms with Crippen LogP contribution in [-0.4, -0.2) is 55.1 Å². The van der Waals surface area contributed by atoms with E-state index in [0.29, 0.717) is 13.1 Å². The monoisotopic (exact) mass is 470 g/mol. The summed E-state index contributed by atoms with van der Waals surface area (Å²) < 4.78 is 9.24. The smallest absolute Gasteiger partial charge is 0.377 e. The first kappa shape index (κ1) is 27.3. The average molecular weight is 470 g/mol. The molecule has 3 rings (SSSR count). The van der Waals surface area contributed by atoms with Gasteiger partial charge < -0.3 is 29.6 Å². The summed E-state index contributed by atoms with van der Waals surface area (Å²) in [7, 11) is 1.59. The first-order valence-electron chi connectivity index (χ1n) is 11.1. The van der Waals surface area contributed by atoms with Crippen molar-refractivity contribution in [2.75, 3.05) is 14.2 Å². The van der Waals surface area contributed by atoms with Crippen LogP contribution in [0.3, 0.4) is 0 Å². The zero-order valence-corrected chi connectivity index (χ0v) is 20.1. The predicted octanol–water partition coefficient (Wildman–Crippen LogP) is 2.54. The van der Waals surface area contributed by atoms with E-state index in [2.05, 4.69) is 9.96 Å². The van der Waals surface area contributed by atoms with Crippen LogP contribution in [0.4, 0.5) is 0 Å². The molecule has 0 aliphatic carbocycles. The van der Waals surface area contributed by atoms with Gasteiger partial charge in [0.25, 0.3) is 0 Å². The van der Waals surface area contributed by atoms with Crippen LogP contribution < -0.4 is 5.23 Å². The highest BCUT2D eigenvalue weighted by Gasteiger charge is 2.35. The summed E-state index contributed by atoms with van der Waals surface area (Å²) in [4.78, 5) is 24.3. The minimum atomic E-state index is -0.572. The van der Waals surface area contributed by atoms with Gasteiger partial charge in [0.2, 0.25) is 0 Å². The molecule has 1 heterocycles. The molecule has 0 saturated heterocycles. The Morgan fingerprint density at radius 1 is 1.12 bits per heavy atom. The summed E-state index contributed by atoms with van der Waals surface area (Å²) in [5.41, 5.74) is 4.21. The Hall–Kier alpha value is -2.91. The number of carbonyl (C=O) groups excluding carboxylic acids is 2. The van der Waals surface area contributed by atoms with Crippen LogP contribution in [0, 0.1) is 0 Å². The molecule has 1 aliphatic rings. The number of hydrogen-bond donors (Lipinski definition) is 3. The molecule has 0 amide bonds. The van der Waals surface area contributed by atoms with Crippen LogP contribution in [0.1, 0.15) is 36.1 Å². The van der Waals surface area contributed by atoms with Crippen molar-refractivity contribution in [1.82, 2.24) is 10.0 Å². The quantitative estimate of drug-likeness (QED) is 0.307. The molecule has 0 radical (unpaired) electrons. The van der Waals surface area contributed by atoms with Gasteiger partial charge in [-0.05, 0) is 42.0 Å². The Morgan fingerprint density at radius 2 is 1.79 bits per heavy atom. The van der Waals surface area contributed by atoms with Crippen molar-refractivity contribution in [2.24, 2.45) is 0 Å². The largest absolute Gasteiger partial charge is 0.469 e. The van der Waals surface area contributed by atoms with E-state index in [1.165, 1.54) is 25.9 Å². The van der Waals surface area contributed by atoms with Gasteiger partial charge in [-0.3, -0.25) is 4.79 Å². The van der Waals surface area contributed by atoms with E-state index in [0.717, 1.165) is 16.7 Å². The van der Waals surface area contributed by atoms with Crippen molar-refractivity contribution in [3.63, 3.8) is 0 Å². The van der Waals surface area contributed by atoms with E-state index < -0.39 is 14.1 Å². The van der Waals surface area contributed by atoms with Crippen LogP contribution in [-0.2, 0) is 32.2 Å².